The van der Waals surface area contributed by atoms with Crippen molar-refractivity contribution >= 4 is 0 Å². The van der Waals surface area contributed by atoms with E-state index < -0.39 is 0 Å². The molecular formula is C12H20N2O2. The van der Waals surface area contributed by atoms with Crippen LogP contribution in [0.25, 0.3) is 0 Å². The van der Waals surface area contributed by atoms with Crippen molar-refractivity contribution in [1.82, 2.24) is 4.98 Å². The molecule has 0 aliphatic rings. The lowest BCUT2D eigenvalue weighted by Crippen LogP contribution is -2.13. The predicted molar refractivity (Wildman–Crippen MR) is 63.4 cm³/mol. The summed E-state index contributed by atoms with van der Waals surface area (Å²) in [6.07, 6.45) is 0.225. The second kappa shape index (κ2) is 6.45. The molecule has 2 N–H and O–H groups in total. The first kappa shape index (κ1) is 12.9. The van der Waals surface area contributed by atoms with Crippen LogP contribution in [0.4, 0.5) is 0 Å². The molecule has 0 saturated carbocycles. The normalized spacial score (nSPS) is 10.8. The van der Waals surface area contributed by atoms with E-state index >= 15 is 0 Å². The highest BCUT2D eigenvalue weighted by Crippen LogP contribution is 2.15. The van der Waals surface area contributed by atoms with Crippen molar-refractivity contribution in [1.29, 1.82) is 0 Å². The molecule has 90 valence electrons. The molecule has 16 heavy (non-hydrogen) atoms. The van der Waals surface area contributed by atoms with Gasteiger partial charge in [0, 0.05) is 17.8 Å². The first-order chi connectivity index (χ1) is 7.63. The van der Waals surface area contributed by atoms with Crippen LogP contribution in [0.5, 0.6) is 5.88 Å². The Balaban J connectivity index is 2.48. The third-order valence-corrected chi connectivity index (χ3v) is 2.07. The number of aromatic nitrogens is 1. The van der Waals surface area contributed by atoms with Crippen molar-refractivity contribution in [3.63, 3.8) is 0 Å². The van der Waals surface area contributed by atoms with Crippen molar-refractivity contribution in [2.75, 3.05) is 13.2 Å². The van der Waals surface area contributed by atoms with Gasteiger partial charge in [-0.2, -0.15) is 0 Å². The first-order valence-corrected chi connectivity index (χ1v) is 5.54. The molecule has 4 heteroatoms. The Hall–Kier alpha value is -1.13. The number of aryl methyl sites for hydroxylation is 1. The number of nitrogens with zero attached hydrogens (tertiary/aromatic N) is 1. The van der Waals surface area contributed by atoms with Gasteiger partial charge in [0.15, 0.2) is 0 Å². The summed E-state index contributed by atoms with van der Waals surface area (Å²) in [7, 11) is 0. The van der Waals surface area contributed by atoms with Gasteiger partial charge in [-0.15, -0.1) is 0 Å². The molecule has 0 fully saturated rings. The molecule has 0 aliphatic heterocycles. The number of ether oxygens (including phenoxy) is 2. The van der Waals surface area contributed by atoms with Crippen molar-refractivity contribution in [2.45, 2.75) is 33.4 Å². The number of pyridine rings is 1. The summed E-state index contributed by atoms with van der Waals surface area (Å²) in [5.74, 6) is 0.620. The third-order valence-electron chi connectivity index (χ3n) is 2.07. The SMILES string of the molecule is Cc1ccc(CN)c(OCCOC(C)C)n1. The van der Waals surface area contributed by atoms with E-state index in [1.807, 2.05) is 32.9 Å². The van der Waals surface area contributed by atoms with Gasteiger partial charge in [-0.25, -0.2) is 4.98 Å². The maximum Gasteiger partial charge on any atom is 0.218 e. The van der Waals surface area contributed by atoms with Crippen molar-refractivity contribution in [2.24, 2.45) is 5.73 Å². The minimum absolute atomic E-state index is 0.225. The summed E-state index contributed by atoms with van der Waals surface area (Å²) < 4.78 is 10.9. The number of hydrogen-bond donors (Lipinski definition) is 1. The second-order valence-corrected chi connectivity index (χ2v) is 3.89. The molecule has 0 spiro atoms. The van der Waals surface area contributed by atoms with Gasteiger partial charge in [-0.05, 0) is 26.8 Å². The topological polar surface area (TPSA) is 57.4 Å². The van der Waals surface area contributed by atoms with Crippen LogP contribution in [-0.2, 0) is 11.3 Å². The Morgan fingerprint density at radius 1 is 1.31 bits per heavy atom. The van der Waals surface area contributed by atoms with E-state index in [1.165, 1.54) is 0 Å². The third kappa shape index (κ3) is 4.16. The Kier molecular flexibility index (Phi) is 5.22. The number of hydrogen-bond acceptors (Lipinski definition) is 4. The summed E-state index contributed by atoms with van der Waals surface area (Å²) in [5, 5.41) is 0. The Morgan fingerprint density at radius 3 is 2.69 bits per heavy atom. The van der Waals surface area contributed by atoms with Gasteiger partial charge in [0.1, 0.15) is 6.61 Å². The maximum absolute atomic E-state index is 5.60. The van der Waals surface area contributed by atoms with Crippen molar-refractivity contribution in [3.05, 3.63) is 23.4 Å². The smallest absolute Gasteiger partial charge is 0.218 e. The molecule has 0 bridgehead atoms. The molecule has 0 aromatic carbocycles. The zero-order chi connectivity index (χ0) is 12.0. The van der Waals surface area contributed by atoms with E-state index in [0.29, 0.717) is 25.6 Å². The molecule has 0 atom stereocenters. The fraction of sp³-hybridized carbons (Fsp3) is 0.583. The van der Waals surface area contributed by atoms with Crippen molar-refractivity contribution in [3.8, 4) is 5.88 Å². The average molecular weight is 224 g/mol. The molecule has 1 rings (SSSR count). The highest BCUT2D eigenvalue weighted by atomic mass is 16.5. The maximum atomic E-state index is 5.60. The molecule has 0 radical (unpaired) electrons. The van der Waals surface area contributed by atoms with Crippen LogP contribution in [-0.4, -0.2) is 24.3 Å². The standard InChI is InChI=1S/C12H20N2O2/c1-9(2)15-6-7-16-12-11(8-13)5-4-10(3)14-12/h4-5,9H,6-8,13H2,1-3H3. The summed E-state index contributed by atoms with van der Waals surface area (Å²) in [5.41, 5.74) is 7.46. The molecule has 0 unspecified atom stereocenters. The van der Waals surface area contributed by atoms with Gasteiger partial charge in [-0.1, -0.05) is 6.07 Å². The largest absolute Gasteiger partial charge is 0.475 e. The Labute approximate surface area is 96.8 Å². The predicted octanol–water partition coefficient (Wildman–Crippen LogP) is 1.65. The van der Waals surface area contributed by atoms with E-state index in [9.17, 15) is 0 Å². The molecule has 1 aromatic heterocycles. The van der Waals surface area contributed by atoms with Crippen LogP contribution in [0.1, 0.15) is 25.1 Å². The summed E-state index contributed by atoms with van der Waals surface area (Å²) in [6, 6.07) is 3.88. The number of nitrogens with two attached hydrogens (primary N) is 1. The molecule has 0 saturated heterocycles. The Bertz CT molecular complexity index is 327. The van der Waals surface area contributed by atoms with Crippen molar-refractivity contribution < 1.29 is 9.47 Å². The average Bonchev–Trinajstić information content (AvgIpc) is 2.24. The minimum Gasteiger partial charge on any atom is -0.475 e. The van der Waals surface area contributed by atoms with Gasteiger partial charge in [0.2, 0.25) is 5.88 Å². The highest BCUT2D eigenvalue weighted by Gasteiger charge is 2.04. The first-order valence-electron chi connectivity index (χ1n) is 5.54. The molecule has 1 heterocycles. The van der Waals surface area contributed by atoms with Gasteiger partial charge < -0.3 is 15.2 Å². The lowest BCUT2D eigenvalue weighted by molar-refractivity contribution is 0.0540. The molecule has 0 amide bonds. The fourth-order valence-corrected chi connectivity index (χ4v) is 1.26. The zero-order valence-electron chi connectivity index (χ0n) is 10.2. The summed E-state index contributed by atoms with van der Waals surface area (Å²) in [4.78, 5) is 4.30. The molecule has 0 aliphatic carbocycles. The monoisotopic (exact) mass is 224 g/mol. The lowest BCUT2D eigenvalue weighted by atomic mass is 10.2. The van der Waals surface area contributed by atoms with Crippen LogP contribution < -0.4 is 10.5 Å². The number of rotatable bonds is 6. The van der Waals surface area contributed by atoms with Crippen LogP contribution in [0.2, 0.25) is 0 Å². The van der Waals surface area contributed by atoms with E-state index in [-0.39, 0.29) is 6.10 Å². The lowest BCUT2D eigenvalue weighted by Gasteiger charge is -2.11. The Morgan fingerprint density at radius 2 is 2.06 bits per heavy atom. The van der Waals surface area contributed by atoms with Crippen LogP contribution in [0, 0.1) is 6.92 Å². The second-order valence-electron chi connectivity index (χ2n) is 3.89. The molecule has 1 aromatic rings. The summed E-state index contributed by atoms with van der Waals surface area (Å²) in [6.45, 7) is 7.43. The van der Waals surface area contributed by atoms with Crippen LogP contribution in [0.3, 0.4) is 0 Å². The van der Waals surface area contributed by atoms with E-state index in [2.05, 4.69) is 4.98 Å². The van der Waals surface area contributed by atoms with E-state index in [1.54, 1.807) is 0 Å². The summed E-state index contributed by atoms with van der Waals surface area (Å²) >= 11 is 0. The van der Waals surface area contributed by atoms with Gasteiger partial charge in [0.25, 0.3) is 0 Å². The van der Waals surface area contributed by atoms with Gasteiger partial charge in [-0.3, -0.25) is 0 Å². The fourth-order valence-electron chi connectivity index (χ4n) is 1.26. The van der Waals surface area contributed by atoms with Gasteiger partial charge in [0.05, 0.1) is 12.7 Å². The molecular weight excluding hydrogens is 204 g/mol. The highest BCUT2D eigenvalue weighted by molar-refractivity contribution is 5.27. The van der Waals surface area contributed by atoms with Crippen LogP contribution >= 0.6 is 0 Å². The van der Waals surface area contributed by atoms with Gasteiger partial charge >= 0.3 is 0 Å². The van der Waals surface area contributed by atoms with E-state index in [4.69, 9.17) is 15.2 Å². The van der Waals surface area contributed by atoms with Crippen LogP contribution in [0.15, 0.2) is 12.1 Å². The molecule has 4 nitrogen and oxygen atoms in total. The van der Waals surface area contributed by atoms with E-state index in [0.717, 1.165) is 11.3 Å². The quantitative estimate of drug-likeness (QED) is 0.746. The zero-order valence-corrected chi connectivity index (χ0v) is 10.2. The minimum atomic E-state index is 0.225.